The number of nitrogens with one attached hydrogen (secondary N) is 1. The molecule has 0 rings (SSSR count). The van der Waals surface area contributed by atoms with Gasteiger partial charge < -0.3 is 15.3 Å². The van der Waals surface area contributed by atoms with Crippen molar-refractivity contribution in [2.45, 2.75) is 45.8 Å². The highest BCUT2D eigenvalue weighted by atomic mass is 19.4. The zero-order valence-corrected chi connectivity index (χ0v) is 11.8. The van der Waals surface area contributed by atoms with E-state index in [9.17, 15) is 22.8 Å². The van der Waals surface area contributed by atoms with Gasteiger partial charge in [-0.15, -0.1) is 0 Å². The third-order valence-corrected chi connectivity index (χ3v) is 2.66. The van der Waals surface area contributed by atoms with Crippen LogP contribution in [0.15, 0.2) is 0 Å². The molecule has 0 fully saturated rings. The molecule has 0 aromatic rings. The molecule has 0 saturated carbocycles. The van der Waals surface area contributed by atoms with Crippen LogP contribution < -0.4 is 5.32 Å². The number of urea groups is 1. The number of nitrogens with zero attached hydrogens (tertiary/aromatic N) is 1. The average Bonchev–Trinajstić information content (AvgIpc) is 2.24. The van der Waals surface area contributed by atoms with Crippen LogP contribution in [-0.4, -0.2) is 47.3 Å². The molecule has 5 nitrogen and oxygen atoms in total. The largest absolute Gasteiger partial charge is 0.481 e. The second-order valence-electron chi connectivity index (χ2n) is 4.93. The van der Waals surface area contributed by atoms with Crippen LogP contribution in [0.25, 0.3) is 0 Å². The summed E-state index contributed by atoms with van der Waals surface area (Å²) in [4.78, 5) is 23.2. The highest BCUT2D eigenvalue weighted by molar-refractivity contribution is 5.76. The lowest BCUT2D eigenvalue weighted by Gasteiger charge is -2.28. The van der Waals surface area contributed by atoms with Crippen LogP contribution in [0, 0.1) is 5.92 Å². The Kier molecular flexibility index (Phi) is 7.38. The number of alkyl halides is 3. The van der Waals surface area contributed by atoms with Gasteiger partial charge >= 0.3 is 18.2 Å². The number of carboxylic acid groups (broad SMARTS) is 1. The van der Waals surface area contributed by atoms with E-state index < -0.39 is 30.8 Å². The number of carboxylic acids is 1. The molecule has 2 N–H and O–H groups in total. The monoisotopic (exact) mass is 298 g/mol. The third kappa shape index (κ3) is 7.85. The zero-order valence-electron chi connectivity index (χ0n) is 11.8. The summed E-state index contributed by atoms with van der Waals surface area (Å²) in [6.07, 6.45) is -4.42. The SMILES string of the molecule is CCCN(CC(F)(F)F)C(=O)NC(CC(=O)O)C(C)C. The molecule has 8 heteroatoms. The van der Waals surface area contributed by atoms with Crippen molar-refractivity contribution >= 4 is 12.0 Å². The Morgan fingerprint density at radius 1 is 1.30 bits per heavy atom. The summed E-state index contributed by atoms with van der Waals surface area (Å²) in [5, 5.41) is 11.1. The fourth-order valence-corrected chi connectivity index (χ4v) is 1.63. The van der Waals surface area contributed by atoms with E-state index in [4.69, 9.17) is 5.11 Å². The molecule has 20 heavy (non-hydrogen) atoms. The molecule has 0 aromatic heterocycles. The number of carbonyl (C=O) groups excluding carboxylic acids is 1. The number of hydrogen-bond acceptors (Lipinski definition) is 2. The predicted molar refractivity (Wildman–Crippen MR) is 67.3 cm³/mol. The van der Waals surface area contributed by atoms with Crippen molar-refractivity contribution in [3.8, 4) is 0 Å². The molecule has 0 spiro atoms. The molecular weight excluding hydrogens is 277 g/mol. The van der Waals surface area contributed by atoms with Gasteiger partial charge in [0.15, 0.2) is 0 Å². The summed E-state index contributed by atoms with van der Waals surface area (Å²) in [6.45, 7) is 3.67. The maximum absolute atomic E-state index is 12.4. The van der Waals surface area contributed by atoms with Gasteiger partial charge in [-0.3, -0.25) is 4.79 Å². The fourth-order valence-electron chi connectivity index (χ4n) is 1.63. The average molecular weight is 298 g/mol. The van der Waals surface area contributed by atoms with Crippen LogP contribution in [0.2, 0.25) is 0 Å². The minimum atomic E-state index is -4.48. The standard InChI is InChI=1S/C12H21F3N2O3/c1-4-5-17(7-12(13,14)15)11(20)16-9(8(2)3)6-10(18)19/h8-9H,4-7H2,1-3H3,(H,16,20)(H,18,19). The maximum Gasteiger partial charge on any atom is 0.406 e. The van der Waals surface area contributed by atoms with E-state index in [0.717, 1.165) is 0 Å². The van der Waals surface area contributed by atoms with Crippen molar-refractivity contribution in [2.75, 3.05) is 13.1 Å². The Hall–Kier alpha value is -1.47. The van der Waals surface area contributed by atoms with Crippen LogP contribution in [0.1, 0.15) is 33.6 Å². The normalized spacial score (nSPS) is 13.2. The Balaban J connectivity index is 4.74. The minimum absolute atomic E-state index is 0.0385. The van der Waals surface area contributed by atoms with Crippen LogP contribution in [-0.2, 0) is 4.79 Å². The van der Waals surface area contributed by atoms with Crippen LogP contribution in [0.3, 0.4) is 0 Å². The molecule has 0 bridgehead atoms. The fraction of sp³-hybridized carbons (Fsp3) is 0.833. The number of hydrogen-bond donors (Lipinski definition) is 2. The summed E-state index contributed by atoms with van der Waals surface area (Å²) in [6, 6.07) is -1.59. The van der Waals surface area contributed by atoms with Crippen molar-refractivity contribution in [1.29, 1.82) is 0 Å². The van der Waals surface area contributed by atoms with E-state index in [-0.39, 0.29) is 18.9 Å². The third-order valence-electron chi connectivity index (χ3n) is 2.66. The Morgan fingerprint density at radius 3 is 2.20 bits per heavy atom. The smallest absolute Gasteiger partial charge is 0.406 e. The van der Waals surface area contributed by atoms with E-state index in [1.165, 1.54) is 0 Å². The van der Waals surface area contributed by atoms with Gasteiger partial charge in [-0.05, 0) is 12.3 Å². The molecule has 2 amide bonds. The first-order valence-electron chi connectivity index (χ1n) is 6.40. The molecule has 118 valence electrons. The molecule has 0 aliphatic heterocycles. The number of aliphatic carboxylic acids is 1. The lowest BCUT2D eigenvalue weighted by Crippen LogP contribution is -2.50. The van der Waals surface area contributed by atoms with Gasteiger partial charge in [-0.2, -0.15) is 13.2 Å². The van der Waals surface area contributed by atoms with E-state index >= 15 is 0 Å². The first-order valence-corrected chi connectivity index (χ1v) is 6.40. The molecule has 1 atom stereocenters. The van der Waals surface area contributed by atoms with Gasteiger partial charge in [-0.25, -0.2) is 4.79 Å². The summed E-state index contributed by atoms with van der Waals surface area (Å²) < 4.78 is 37.1. The van der Waals surface area contributed by atoms with Gasteiger partial charge in [-0.1, -0.05) is 20.8 Å². The topological polar surface area (TPSA) is 69.6 Å². The second kappa shape index (κ2) is 7.96. The Bertz CT molecular complexity index is 332. The van der Waals surface area contributed by atoms with Crippen LogP contribution in [0.5, 0.6) is 0 Å². The minimum Gasteiger partial charge on any atom is -0.481 e. The molecule has 0 aliphatic carbocycles. The summed E-state index contributed by atoms with van der Waals surface area (Å²) in [5.74, 6) is -1.30. The van der Waals surface area contributed by atoms with Gasteiger partial charge in [0.1, 0.15) is 6.54 Å². The number of rotatable bonds is 7. The molecule has 0 radical (unpaired) electrons. The highest BCUT2D eigenvalue weighted by Crippen LogP contribution is 2.17. The molecule has 1 unspecified atom stereocenters. The second-order valence-corrected chi connectivity index (χ2v) is 4.93. The van der Waals surface area contributed by atoms with Crippen molar-refractivity contribution in [2.24, 2.45) is 5.92 Å². The van der Waals surface area contributed by atoms with Gasteiger partial charge in [0.05, 0.1) is 6.42 Å². The lowest BCUT2D eigenvalue weighted by molar-refractivity contribution is -0.141. The van der Waals surface area contributed by atoms with Crippen molar-refractivity contribution in [1.82, 2.24) is 10.2 Å². The quantitative estimate of drug-likeness (QED) is 0.758. The molecule has 0 heterocycles. The maximum atomic E-state index is 12.4. The van der Waals surface area contributed by atoms with E-state index in [1.807, 2.05) is 0 Å². The van der Waals surface area contributed by atoms with E-state index in [0.29, 0.717) is 11.3 Å². The zero-order chi connectivity index (χ0) is 15.9. The lowest BCUT2D eigenvalue weighted by atomic mass is 10.0. The van der Waals surface area contributed by atoms with Crippen LogP contribution >= 0.6 is 0 Å². The molecule has 0 aliphatic rings. The number of carbonyl (C=O) groups is 2. The number of halogens is 3. The Labute approximate surface area is 116 Å². The van der Waals surface area contributed by atoms with Gasteiger partial charge in [0.2, 0.25) is 0 Å². The van der Waals surface area contributed by atoms with Crippen molar-refractivity contribution in [3.05, 3.63) is 0 Å². The first-order chi connectivity index (χ1) is 9.06. The summed E-state index contributed by atoms with van der Waals surface area (Å²) in [7, 11) is 0. The molecular formula is C12H21F3N2O3. The summed E-state index contributed by atoms with van der Waals surface area (Å²) in [5.41, 5.74) is 0. The first kappa shape index (κ1) is 18.5. The van der Waals surface area contributed by atoms with Crippen molar-refractivity contribution in [3.63, 3.8) is 0 Å². The van der Waals surface area contributed by atoms with E-state index in [1.54, 1.807) is 20.8 Å². The Morgan fingerprint density at radius 2 is 1.85 bits per heavy atom. The molecule has 0 aromatic carbocycles. The van der Waals surface area contributed by atoms with Gasteiger partial charge in [0, 0.05) is 12.6 Å². The van der Waals surface area contributed by atoms with Gasteiger partial charge in [0.25, 0.3) is 0 Å². The number of amides is 2. The summed E-state index contributed by atoms with van der Waals surface area (Å²) >= 11 is 0. The highest BCUT2D eigenvalue weighted by Gasteiger charge is 2.33. The molecule has 0 saturated heterocycles. The van der Waals surface area contributed by atoms with Crippen LogP contribution in [0.4, 0.5) is 18.0 Å². The predicted octanol–water partition coefficient (Wildman–Crippen LogP) is 2.47. The van der Waals surface area contributed by atoms with Crippen molar-refractivity contribution < 1.29 is 27.9 Å². The van der Waals surface area contributed by atoms with E-state index in [2.05, 4.69) is 5.32 Å².